The lowest BCUT2D eigenvalue weighted by Gasteiger charge is -2.37. The van der Waals surface area contributed by atoms with Crippen molar-refractivity contribution in [1.29, 1.82) is 0 Å². The Balaban J connectivity index is 1.52. The Kier molecular flexibility index (Phi) is 5.73. The Bertz CT molecular complexity index is 725. The maximum absolute atomic E-state index is 12.4. The summed E-state index contributed by atoms with van der Waals surface area (Å²) in [4.78, 5) is 29.5. The van der Waals surface area contributed by atoms with Crippen LogP contribution >= 0.6 is 22.9 Å². The molecule has 25 heavy (non-hydrogen) atoms. The van der Waals surface area contributed by atoms with Crippen molar-refractivity contribution in [2.45, 2.75) is 13.0 Å². The molecule has 2 heterocycles. The number of carbonyl (C=O) groups excluding carboxylic acids is 2. The number of hydrogen-bond donors (Lipinski definition) is 1. The molecule has 1 aromatic heterocycles. The molecule has 7 heteroatoms. The maximum atomic E-state index is 12.4. The molecule has 1 aliphatic heterocycles. The van der Waals surface area contributed by atoms with E-state index in [2.05, 4.69) is 10.2 Å². The second-order valence-electron chi connectivity index (χ2n) is 5.98. The van der Waals surface area contributed by atoms with Gasteiger partial charge in [0.25, 0.3) is 5.91 Å². The van der Waals surface area contributed by atoms with E-state index >= 15 is 0 Å². The van der Waals surface area contributed by atoms with Gasteiger partial charge in [-0.3, -0.25) is 14.5 Å². The minimum absolute atomic E-state index is 0.0552. The van der Waals surface area contributed by atoms with Gasteiger partial charge in [-0.25, -0.2) is 0 Å². The van der Waals surface area contributed by atoms with Gasteiger partial charge in [-0.15, -0.1) is 11.3 Å². The monoisotopic (exact) mass is 377 g/mol. The molecule has 0 unspecified atom stereocenters. The van der Waals surface area contributed by atoms with Crippen LogP contribution in [0.15, 0.2) is 41.8 Å². The average Bonchev–Trinajstić information content (AvgIpc) is 3.17. The first-order valence-electron chi connectivity index (χ1n) is 8.18. The first-order valence-corrected chi connectivity index (χ1v) is 9.43. The van der Waals surface area contributed by atoms with Gasteiger partial charge >= 0.3 is 0 Å². The zero-order chi connectivity index (χ0) is 17.8. The predicted octanol–water partition coefficient (Wildman–Crippen LogP) is 3.19. The molecule has 0 radical (unpaired) electrons. The summed E-state index contributed by atoms with van der Waals surface area (Å²) >= 11 is 7.32. The standard InChI is InChI=1S/C18H20ClN3O2S/c1-13(17(23)20-15-6-4-14(19)5-7-15)21-8-10-22(11-9-21)18(24)16-3-2-12-25-16/h2-7,12-13H,8-11H2,1H3,(H,20,23)/t13-/m1/s1. The number of benzene rings is 1. The third-order valence-electron chi connectivity index (χ3n) is 4.37. The molecule has 0 bridgehead atoms. The van der Waals surface area contributed by atoms with Gasteiger partial charge in [-0.05, 0) is 42.6 Å². The van der Waals surface area contributed by atoms with E-state index in [0.29, 0.717) is 31.2 Å². The third kappa shape index (κ3) is 4.39. The first kappa shape index (κ1) is 17.9. The van der Waals surface area contributed by atoms with Crippen molar-refractivity contribution in [3.8, 4) is 0 Å². The summed E-state index contributed by atoms with van der Waals surface area (Å²) in [5, 5.41) is 5.45. The minimum atomic E-state index is -0.255. The number of nitrogens with zero attached hydrogens (tertiary/aromatic N) is 2. The highest BCUT2D eigenvalue weighted by atomic mass is 35.5. The fourth-order valence-corrected chi connectivity index (χ4v) is 3.63. The molecule has 1 aliphatic rings. The second-order valence-corrected chi connectivity index (χ2v) is 7.36. The number of halogens is 1. The van der Waals surface area contributed by atoms with Crippen LogP contribution in [0.3, 0.4) is 0 Å². The summed E-state index contributed by atoms with van der Waals surface area (Å²) in [7, 11) is 0. The quantitative estimate of drug-likeness (QED) is 0.890. The lowest BCUT2D eigenvalue weighted by Crippen LogP contribution is -2.53. The number of amides is 2. The molecule has 2 amide bonds. The van der Waals surface area contributed by atoms with Gasteiger partial charge in [0.15, 0.2) is 0 Å². The van der Waals surface area contributed by atoms with E-state index in [0.717, 1.165) is 10.6 Å². The van der Waals surface area contributed by atoms with E-state index in [9.17, 15) is 9.59 Å². The van der Waals surface area contributed by atoms with Crippen molar-refractivity contribution in [3.63, 3.8) is 0 Å². The summed E-state index contributed by atoms with van der Waals surface area (Å²) in [6, 6.07) is 10.5. The molecule has 1 aromatic carbocycles. The molecule has 1 fully saturated rings. The van der Waals surface area contributed by atoms with Crippen LogP contribution in [0.2, 0.25) is 5.02 Å². The van der Waals surface area contributed by atoms with Crippen LogP contribution in [0.25, 0.3) is 0 Å². The average molecular weight is 378 g/mol. The lowest BCUT2D eigenvalue weighted by molar-refractivity contribution is -0.121. The highest BCUT2D eigenvalue weighted by molar-refractivity contribution is 7.12. The van der Waals surface area contributed by atoms with Gasteiger partial charge in [0.05, 0.1) is 10.9 Å². The van der Waals surface area contributed by atoms with Crippen molar-refractivity contribution in [2.75, 3.05) is 31.5 Å². The van der Waals surface area contributed by atoms with Gasteiger partial charge < -0.3 is 10.2 Å². The minimum Gasteiger partial charge on any atom is -0.335 e. The number of rotatable bonds is 4. The van der Waals surface area contributed by atoms with Crippen molar-refractivity contribution in [1.82, 2.24) is 9.80 Å². The van der Waals surface area contributed by atoms with E-state index in [-0.39, 0.29) is 17.9 Å². The van der Waals surface area contributed by atoms with Crippen LogP contribution < -0.4 is 5.32 Å². The Morgan fingerprint density at radius 1 is 1.12 bits per heavy atom. The van der Waals surface area contributed by atoms with Crippen molar-refractivity contribution in [3.05, 3.63) is 51.7 Å². The molecule has 3 rings (SSSR count). The summed E-state index contributed by atoms with van der Waals surface area (Å²) in [5.41, 5.74) is 0.729. The zero-order valence-electron chi connectivity index (χ0n) is 13.9. The Labute approximate surface area is 156 Å². The van der Waals surface area contributed by atoms with Gasteiger partial charge in [0.2, 0.25) is 5.91 Å². The van der Waals surface area contributed by atoms with Gasteiger partial charge in [0.1, 0.15) is 0 Å². The van der Waals surface area contributed by atoms with E-state index in [4.69, 9.17) is 11.6 Å². The summed E-state index contributed by atoms with van der Waals surface area (Å²) in [6.45, 7) is 4.53. The van der Waals surface area contributed by atoms with Gasteiger partial charge in [0, 0.05) is 36.9 Å². The van der Waals surface area contributed by atoms with Crippen LogP contribution in [0.4, 0.5) is 5.69 Å². The maximum Gasteiger partial charge on any atom is 0.264 e. The van der Waals surface area contributed by atoms with Crippen molar-refractivity contribution >= 4 is 40.4 Å². The molecule has 1 saturated heterocycles. The highest BCUT2D eigenvalue weighted by Crippen LogP contribution is 2.17. The largest absolute Gasteiger partial charge is 0.335 e. The zero-order valence-corrected chi connectivity index (χ0v) is 15.5. The molecule has 0 spiro atoms. The SMILES string of the molecule is C[C@H](C(=O)Nc1ccc(Cl)cc1)N1CCN(C(=O)c2cccs2)CC1. The number of carbonyl (C=O) groups is 2. The Morgan fingerprint density at radius 2 is 1.80 bits per heavy atom. The number of nitrogens with one attached hydrogen (secondary N) is 1. The van der Waals surface area contributed by atoms with Crippen molar-refractivity contribution in [2.24, 2.45) is 0 Å². The number of hydrogen-bond acceptors (Lipinski definition) is 4. The number of thiophene rings is 1. The van der Waals surface area contributed by atoms with E-state index in [1.165, 1.54) is 11.3 Å². The summed E-state index contributed by atoms with van der Waals surface area (Å²) in [5.74, 6) is 0.0216. The normalized spacial score (nSPS) is 16.5. The van der Waals surface area contributed by atoms with E-state index in [1.807, 2.05) is 29.3 Å². The smallest absolute Gasteiger partial charge is 0.264 e. The fraction of sp³-hybridized carbons (Fsp3) is 0.333. The molecule has 132 valence electrons. The van der Waals surface area contributed by atoms with Gasteiger partial charge in [-0.2, -0.15) is 0 Å². The lowest BCUT2D eigenvalue weighted by atomic mass is 10.2. The van der Waals surface area contributed by atoms with Crippen LogP contribution in [0, 0.1) is 0 Å². The summed E-state index contributed by atoms with van der Waals surface area (Å²) < 4.78 is 0. The number of anilines is 1. The Hall–Kier alpha value is -1.89. The molecular weight excluding hydrogens is 358 g/mol. The second kappa shape index (κ2) is 7.99. The predicted molar refractivity (Wildman–Crippen MR) is 101 cm³/mol. The molecule has 0 saturated carbocycles. The molecular formula is C18H20ClN3O2S. The Morgan fingerprint density at radius 3 is 2.40 bits per heavy atom. The van der Waals surface area contributed by atoms with E-state index in [1.54, 1.807) is 24.3 Å². The third-order valence-corrected chi connectivity index (χ3v) is 5.48. The highest BCUT2D eigenvalue weighted by Gasteiger charge is 2.28. The van der Waals surface area contributed by atoms with Crippen molar-refractivity contribution < 1.29 is 9.59 Å². The molecule has 2 aromatic rings. The van der Waals surface area contributed by atoms with Crippen LogP contribution in [0.1, 0.15) is 16.6 Å². The summed E-state index contributed by atoms with van der Waals surface area (Å²) in [6.07, 6.45) is 0. The molecule has 0 aliphatic carbocycles. The van der Waals surface area contributed by atoms with E-state index < -0.39 is 0 Å². The van der Waals surface area contributed by atoms with Crippen LogP contribution in [-0.2, 0) is 4.79 Å². The fourth-order valence-electron chi connectivity index (χ4n) is 2.81. The topological polar surface area (TPSA) is 52.7 Å². The van der Waals surface area contributed by atoms with Crippen LogP contribution in [0.5, 0.6) is 0 Å². The van der Waals surface area contributed by atoms with Crippen LogP contribution in [-0.4, -0.2) is 53.8 Å². The van der Waals surface area contributed by atoms with Gasteiger partial charge in [-0.1, -0.05) is 17.7 Å². The molecule has 5 nitrogen and oxygen atoms in total. The first-order chi connectivity index (χ1) is 12.0. The number of piperazine rings is 1. The molecule has 1 atom stereocenters. The molecule has 1 N–H and O–H groups in total.